The van der Waals surface area contributed by atoms with Gasteiger partial charge in [-0.1, -0.05) is 43.7 Å². The second-order valence-corrected chi connectivity index (χ2v) is 10.4. The highest BCUT2D eigenvalue weighted by molar-refractivity contribution is 6.10. The molecule has 1 aliphatic heterocycles. The van der Waals surface area contributed by atoms with Gasteiger partial charge in [0, 0.05) is 37.1 Å². The molecule has 2 aromatic heterocycles. The van der Waals surface area contributed by atoms with Crippen LogP contribution < -0.4 is 15.5 Å². The Morgan fingerprint density at radius 3 is 2.56 bits per heavy atom. The van der Waals surface area contributed by atoms with Crippen molar-refractivity contribution in [2.75, 3.05) is 23.4 Å². The van der Waals surface area contributed by atoms with Crippen LogP contribution in [-0.2, 0) is 11.3 Å². The van der Waals surface area contributed by atoms with Crippen LogP contribution in [-0.4, -0.2) is 56.8 Å². The van der Waals surface area contributed by atoms with E-state index in [0.29, 0.717) is 35.4 Å². The van der Waals surface area contributed by atoms with Crippen LogP contribution in [0.5, 0.6) is 0 Å². The van der Waals surface area contributed by atoms with Gasteiger partial charge in [-0.2, -0.15) is 0 Å². The number of benzene rings is 2. The summed E-state index contributed by atoms with van der Waals surface area (Å²) in [5.74, 6) is -0.600. The molecule has 3 amide bonds. The van der Waals surface area contributed by atoms with Crippen LogP contribution in [0.25, 0.3) is 11.0 Å². The van der Waals surface area contributed by atoms with Crippen LogP contribution in [0.2, 0.25) is 0 Å². The molecule has 0 saturated carbocycles. The molecule has 3 N–H and O–H groups in total. The first-order valence-corrected chi connectivity index (χ1v) is 13.9. The first-order chi connectivity index (χ1) is 19.8. The summed E-state index contributed by atoms with van der Waals surface area (Å²) in [5.41, 5.74) is 6.16. The fourth-order valence-corrected chi connectivity index (χ4v) is 5.08. The Bertz CT molecular complexity index is 1600. The Morgan fingerprint density at radius 1 is 1.05 bits per heavy atom. The summed E-state index contributed by atoms with van der Waals surface area (Å²) in [6, 6.07) is 14.0. The number of carbonyl (C=O) groups excluding carboxylic acids is 3. The molecule has 0 spiro atoms. The minimum Gasteiger partial charge on any atom is -0.357 e. The number of carbonyl (C=O) groups is 3. The van der Waals surface area contributed by atoms with Crippen LogP contribution >= 0.6 is 0 Å². The highest BCUT2D eigenvalue weighted by Crippen LogP contribution is 2.27. The molecule has 0 bridgehead atoms. The van der Waals surface area contributed by atoms with Gasteiger partial charge in [0.25, 0.3) is 11.8 Å². The molecule has 212 valence electrons. The first-order valence-electron chi connectivity index (χ1n) is 13.9. The number of nitrogens with zero attached hydrogens (tertiary/aromatic N) is 4. The van der Waals surface area contributed by atoms with E-state index in [9.17, 15) is 14.4 Å². The number of hydrogen-bond donors (Lipinski definition) is 3. The molecule has 41 heavy (non-hydrogen) atoms. The second kappa shape index (κ2) is 11.8. The van der Waals surface area contributed by atoms with Gasteiger partial charge in [0.05, 0.1) is 23.8 Å². The summed E-state index contributed by atoms with van der Waals surface area (Å²) in [6.45, 7) is 9.32. The zero-order valence-corrected chi connectivity index (χ0v) is 23.8. The number of H-pyrrole nitrogens is 1. The third-order valence-electron chi connectivity index (χ3n) is 7.59. The molecule has 1 saturated heterocycles. The van der Waals surface area contributed by atoms with E-state index in [2.05, 4.69) is 68.6 Å². The Kier molecular flexibility index (Phi) is 8.00. The number of hydrogen-bond acceptors (Lipinski definition) is 6. The van der Waals surface area contributed by atoms with Crippen molar-refractivity contribution in [3.63, 3.8) is 0 Å². The lowest BCUT2D eigenvalue weighted by Gasteiger charge is -2.22. The van der Waals surface area contributed by atoms with E-state index in [1.807, 2.05) is 30.0 Å². The molecule has 10 heteroatoms. The van der Waals surface area contributed by atoms with E-state index in [0.717, 1.165) is 29.8 Å². The number of rotatable bonds is 8. The van der Waals surface area contributed by atoms with E-state index < -0.39 is 5.91 Å². The summed E-state index contributed by atoms with van der Waals surface area (Å²) in [7, 11) is 0. The first kappa shape index (κ1) is 27.8. The maximum absolute atomic E-state index is 13.8. The van der Waals surface area contributed by atoms with Crippen molar-refractivity contribution in [1.82, 2.24) is 25.2 Å². The van der Waals surface area contributed by atoms with Gasteiger partial charge in [-0.25, -0.2) is 9.97 Å². The number of fused-ring (bicyclic) bond motifs is 1. The van der Waals surface area contributed by atoms with Crippen LogP contribution in [0.1, 0.15) is 64.2 Å². The molecule has 1 unspecified atom stereocenters. The highest BCUT2D eigenvalue weighted by Gasteiger charge is 2.35. The number of aromatic nitrogens is 3. The van der Waals surface area contributed by atoms with Crippen LogP contribution in [0.3, 0.4) is 0 Å². The smallest absolute Gasteiger partial charge is 0.272 e. The van der Waals surface area contributed by atoms with E-state index in [4.69, 9.17) is 0 Å². The van der Waals surface area contributed by atoms with Gasteiger partial charge in [-0.15, -0.1) is 0 Å². The average molecular weight is 554 g/mol. The molecule has 1 fully saturated rings. The molecular weight excluding hydrogens is 518 g/mol. The number of nitrogens with one attached hydrogen (secondary N) is 3. The molecule has 4 aromatic rings. The van der Waals surface area contributed by atoms with E-state index >= 15 is 0 Å². The molecule has 2 aromatic carbocycles. The van der Waals surface area contributed by atoms with Crippen LogP contribution in [0.4, 0.5) is 11.4 Å². The summed E-state index contributed by atoms with van der Waals surface area (Å²) in [6.07, 6.45) is 4.13. The van der Waals surface area contributed by atoms with Crippen molar-refractivity contribution in [3.05, 3.63) is 82.9 Å². The minimum absolute atomic E-state index is 0.0554. The molecule has 10 nitrogen and oxygen atoms in total. The molecule has 0 radical (unpaired) electrons. The molecular formula is C31H35N7O3. The quantitative estimate of drug-likeness (QED) is 0.294. The van der Waals surface area contributed by atoms with Crippen molar-refractivity contribution in [2.45, 2.75) is 53.1 Å². The summed E-state index contributed by atoms with van der Waals surface area (Å²) in [5, 5.41) is 5.78. The topological polar surface area (TPSA) is 123 Å². The second-order valence-electron chi connectivity index (χ2n) is 10.4. The number of aromatic amines is 1. The van der Waals surface area contributed by atoms with E-state index in [-0.39, 0.29) is 30.1 Å². The third-order valence-corrected chi connectivity index (χ3v) is 7.59. The maximum Gasteiger partial charge on any atom is 0.272 e. The zero-order valence-electron chi connectivity index (χ0n) is 23.8. The third kappa shape index (κ3) is 5.77. The largest absolute Gasteiger partial charge is 0.357 e. The zero-order chi connectivity index (χ0) is 29.1. The molecule has 3 heterocycles. The monoisotopic (exact) mass is 553 g/mol. The van der Waals surface area contributed by atoms with Crippen molar-refractivity contribution in [1.29, 1.82) is 0 Å². The molecule has 5 rings (SSSR count). The minimum atomic E-state index is -0.392. The van der Waals surface area contributed by atoms with Gasteiger partial charge < -0.3 is 25.4 Å². The fraction of sp³-hybridized carbons (Fsp3) is 0.323. The van der Waals surface area contributed by atoms with Gasteiger partial charge in [-0.05, 0) is 49.6 Å². The predicted octanol–water partition coefficient (Wildman–Crippen LogP) is 4.55. The summed E-state index contributed by atoms with van der Waals surface area (Å²) in [4.78, 5) is 54.5. The standard InChI is InChI=1S/C31H35N7O3/c1-5-22-16-37(23-11-7-19(3)8-12-23)18-38(22)31(41)24-15-32-28-27(24)34-17-35-29(28)30(40)33-14-21-10-9-20(4)25(13-21)36-26(39)6-2/h7-13,15,17,22,32H,5-6,14,16,18H2,1-4H3,(H,33,40)(H,36,39). The van der Waals surface area contributed by atoms with Gasteiger partial charge in [0.1, 0.15) is 11.8 Å². The highest BCUT2D eigenvalue weighted by atomic mass is 16.2. The van der Waals surface area contributed by atoms with E-state index in [1.54, 1.807) is 13.1 Å². The average Bonchev–Trinajstić information content (AvgIpc) is 3.62. The Balaban J connectivity index is 1.32. The lowest BCUT2D eigenvalue weighted by Crippen LogP contribution is -2.36. The Hall–Kier alpha value is -4.73. The number of amides is 3. The van der Waals surface area contributed by atoms with Gasteiger partial charge in [0.15, 0.2) is 5.69 Å². The van der Waals surface area contributed by atoms with Crippen molar-refractivity contribution >= 4 is 40.1 Å². The van der Waals surface area contributed by atoms with Crippen LogP contribution in [0.15, 0.2) is 55.0 Å². The SMILES string of the molecule is CCC(=O)Nc1cc(CNC(=O)c2ncnc3c(C(=O)N4CN(c5ccc(C)cc5)CC4CC)c[nH]c23)ccc1C. The Labute approximate surface area is 239 Å². The maximum atomic E-state index is 13.8. The fourth-order valence-electron chi connectivity index (χ4n) is 5.08. The van der Waals surface area contributed by atoms with Crippen molar-refractivity contribution in [3.8, 4) is 0 Å². The van der Waals surface area contributed by atoms with Crippen molar-refractivity contribution in [2.24, 2.45) is 0 Å². The summed E-state index contributed by atoms with van der Waals surface area (Å²) < 4.78 is 0. The molecule has 1 atom stereocenters. The van der Waals surface area contributed by atoms with Gasteiger partial charge in [0.2, 0.25) is 5.91 Å². The normalized spacial score (nSPS) is 14.9. The molecule has 0 aliphatic carbocycles. The number of anilines is 2. The molecule has 1 aliphatic rings. The summed E-state index contributed by atoms with van der Waals surface area (Å²) >= 11 is 0. The van der Waals surface area contributed by atoms with Crippen LogP contribution in [0, 0.1) is 13.8 Å². The lowest BCUT2D eigenvalue weighted by molar-refractivity contribution is -0.115. The van der Waals surface area contributed by atoms with Gasteiger partial charge in [-0.3, -0.25) is 14.4 Å². The number of aryl methyl sites for hydroxylation is 2. The Morgan fingerprint density at radius 2 is 1.83 bits per heavy atom. The van der Waals surface area contributed by atoms with E-state index in [1.165, 1.54) is 11.9 Å². The lowest BCUT2D eigenvalue weighted by atomic mass is 10.1. The predicted molar refractivity (Wildman–Crippen MR) is 159 cm³/mol. The van der Waals surface area contributed by atoms with Crippen molar-refractivity contribution < 1.29 is 14.4 Å². The van der Waals surface area contributed by atoms with Gasteiger partial charge >= 0.3 is 0 Å².